The highest BCUT2D eigenvalue weighted by Crippen LogP contribution is 2.66. The Hall–Kier alpha value is -1.60. The van der Waals surface area contributed by atoms with E-state index in [9.17, 15) is 0 Å². The molecule has 1 aliphatic carbocycles. The summed E-state index contributed by atoms with van der Waals surface area (Å²) in [5.41, 5.74) is 0. The van der Waals surface area contributed by atoms with E-state index in [1.165, 1.54) is 16.8 Å². The summed E-state index contributed by atoms with van der Waals surface area (Å²) in [5, 5.41) is 3.36. The Kier molecular flexibility index (Phi) is 3.18. The molecule has 0 radical (unpaired) electrons. The van der Waals surface area contributed by atoms with E-state index in [0.717, 1.165) is 5.92 Å². The lowest BCUT2D eigenvalue weighted by Crippen LogP contribution is -2.60. The van der Waals surface area contributed by atoms with Crippen LogP contribution < -0.4 is 10.4 Å². The molecule has 2 aromatic rings. The Bertz CT molecular complexity index is 563. The molecule has 2 unspecified atom stereocenters. The van der Waals surface area contributed by atoms with E-state index in [-0.39, 0.29) is 0 Å². The zero-order valence-electron chi connectivity index (χ0n) is 12.3. The van der Waals surface area contributed by atoms with Crippen molar-refractivity contribution in [2.75, 3.05) is 0 Å². The highest BCUT2D eigenvalue weighted by atomic mass is 28.3. The van der Waals surface area contributed by atoms with Crippen LogP contribution in [-0.2, 0) is 0 Å². The van der Waals surface area contributed by atoms with Crippen LogP contribution >= 0.6 is 0 Å². The first kappa shape index (κ1) is 13.4. The first-order valence-corrected chi connectivity index (χ1v) is 9.90. The molecule has 102 valence electrons. The van der Waals surface area contributed by atoms with Gasteiger partial charge >= 0.3 is 0 Å². The molecule has 1 saturated carbocycles. The van der Waals surface area contributed by atoms with Crippen LogP contribution in [0.4, 0.5) is 0 Å². The lowest BCUT2D eigenvalue weighted by molar-refractivity contribution is 0.894. The van der Waals surface area contributed by atoms with Gasteiger partial charge in [-0.05, 0) is 17.4 Å². The van der Waals surface area contributed by atoms with Crippen LogP contribution in [0, 0.1) is 5.92 Å². The molecular weight excluding hydrogens is 256 g/mol. The maximum atomic E-state index is 4.20. The van der Waals surface area contributed by atoms with Crippen molar-refractivity contribution in [1.29, 1.82) is 0 Å². The zero-order chi connectivity index (χ0) is 14.2. The molecule has 0 saturated heterocycles. The summed E-state index contributed by atoms with van der Waals surface area (Å²) in [6, 6.07) is 22.2. The van der Waals surface area contributed by atoms with Crippen LogP contribution in [0.25, 0.3) is 0 Å². The SMILES string of the molecule is C=CC1([Si](C)(c2ccccc2)c2ccccc2)CC1C. The Labute approximate surface area is 123 Å². The average molecular weight is 278 g/mol. The Balaban J connectivity index is 2.22. The van der Waals surface area contributed by atoms with Crippen LogP contribution in [0.1, 0.15) is 13.3 Å². The molecule has 3 rings (SSSR count). The van der Waals surface area contributed by atoms with Crippen LogP contribution in [-0.4, -0.2) is 8.07 Å². The van der Waals surface area contributed by atoms with E-state index in [2.05, 4.69) is 86.8 Å². The minimum absolute atomic E-state index is 0.315. The molecule has 0 amide bonds. The average Bonchev–Trinajstić information content (AvgIpc) is 3.20. The van der Waals surface area contributed by atoms with Crippen molar-refractivity contribution in [2.24, 2.45) is 5.92 Å². The maximum Gasteiger partial charge on any atom is 0.125 e. The highest BCUT2D eigenvalue weighted by molar-refractivity contribution is 7.04. The van der Waals surface area contributed by atoms with Gasteiger partial charge in [-0.1, -0.05) is 90.6 Å². The summed E-state index contributed by atoms with van der Waals surface area (Å²) >= 11 is 0. The van der Waals surface area contributed by atoms with Gasteiger partial charge in [-0.15, -0.1) is 6.58 Å². The molecule has 1 fully saturated rings. The summed E-state index contributed by atoms with van der Waals surface area (Å²) in [6.45, 7) is 9.09. The van der Waals surface area contributed by atoms with Gasteiger partial charge in [-0.25, -0.2) is 0 Å². The topological polar surface area (TPSA) is 0 Å². The van der Waals surface area contributed by atoms with E-state index in [1.807, 2.05) is 0 Å². The smallest absolute Gasteiger partial charge is 0.103 e. The van der Waals surface area contributed by atoms with Crippen molar-refractivity contribution in [3.63, 3.8) is 0 Å². The van der Waals surface area contributed by atoms with Gasteiger partial charge in [0.2, 0.25) is 0 Å². The highest BCUT2D eigenvalue weighted by Gasteiger charge is 2.62. The maximum absolute atomic E-state index is 4.20. The molecule has 2 aromatic carbocycles. The molecule has 1 aliphatic rings. The molecule has 20 heavy (non-hydrogen) atoms. The van der Waals surface area contributed by atoms with Gasteiger partial charge < -0.3 is 0 Å². The molecule has 0 spiro atoms. The molecular formula is C19H22Si. The minimum atomic E-state index is -1.80. The Morgan fingerprint density at radius 1 is 1.00 bits per heavy atom. The molecule has 0 N–H and O–H groups in total. The van der Waals surface area contributed by atoms with Crippen LogP contribution in [0.2, 0.25) is 11.6 Å². The molecule has 0 aliphatic heterocycles. The van der Waals surface area contributed by atoms with Crippen molar-refractivity contribution in [3.05, 3.63) is 73.3 Å². The van der Waals surface area contributed by atoms with E-state index < -0.39 is 8.07 Å². The number of benzene rings is 2. The fraction of sp³-hybridized carbons (Fsp3) is 0.263. The molecule has 0 heterocycles. The minimum Gasteiger partial charge on any atom is -0.103 e. The van der Waals surface area contributed by atoms with Crippen molar-refractivity contribution in [1.82, 2.24) is 0 Å². The van der Waals surface area contributed by atoms with Crippen LogP contribution in [0.3, 0.4) is 0 Å². The first-order valence-electron chi connectivity index (χ1n) is 7.40. The zero-order valence-corrected chi connectivity index (χ0v) is 13.3. The predicted molar refractivity (Wildman–Crippen MR) is 90.4 cm³/mol. The molecule has 1 heteroatoms. The van der Waals surface area contributed by atoms with Crippen LogP contribution in [0.5, 0.6) is 0 Å². The predicted octanol–water partition coefficient (Wildman–Crippen LogP) is 3.85. The van der Waals surface area contributed by atoms with Crippen molar-refractivity contribution in [2.45, 2.75) is 24.9 Å². The van der Waals surface area contributed by atoms with Crippen molar-refractivity contribution >= 4 is 18.4 Å². The molecule has 0 bridgehead atoms. The largest absolute Gasteiger partial charge is 0.125 e. The normalized spacial score (nSPS) is 25.2. The third-order valence-corrected chi connectivity index (χ3v) is 11.1. The van der Waals surface area contributed by atoms with Gasteiger partial charge in [-0.3, -0.25) is 0 Å². The lowest BCUT2D eigenvalue weighted by Gasteiger charge is -2.36. The van der Waals surface area contributed by atoms with Gasteiger partial charge in [-0.2, -0.15) is 0 Å². The fourth-order valence-corrected chi connectivity index (χ4v) is 9.12. The molecule has 2 atom stereocenters. The third-order valence-electron chi connectivity index (χ3n) is 5.36. The molecule has 0 nitrogen and oxygen atoms in total. The van der Waals surface area contributed by atoms with Gasteiger partial charge in [0, 0.05) is 0 Å². The number of rotatable bonds is 4. The number of allylic oxidation sites excluding steroid dienone is 1. The second-order valence-electron chi connectivity index (χ2n) is 6.21. The summed E-state index contributed by atoms with van der Waals surface area (Å²) in [6.07, 6.45) is 3.53. The van der Waals surface area contributed by atoms with Crippen molar-refractivity contribution in [3.8, 4) is 0 Å². The summed E-state index contributed by atoms with van der Waals surface area (Å²) < 4.78 is 0. The fourth-order valence-electron chi connectivity index (χ4n) is 3.88. The van der Waals surface area contributed by atoms with Gasteiger partial charge in [0.05, 0.1) is 0 Å². The van der Waals surface area contributed by atoms with Gasteiger partial charge in [0.15, 0.2) is 0 Å². The Morgan fingerprint density at radius 3 is 1.70 bits per heavy atom. The standard InChI is InChI=1S/C19H22Si/c1-4-19(15-16(19)2)20(3,17-11-7-5-8-12-17)18-13-9-6-10-14-18/h4-14,16H,1,15H2,2-3H3. The molecule has 0 aromatic heterocycles. The van der Waals surface area contributed by atoms with Crippen molar-refractivity contribution < 1.29 is 0 Å². The van der Waals surface area contributed by atoms with Gasteiger partial charge in [0.1, 0.15) is 8.07 Å². The summed E-state index contributed by atoms with van der Waals surface area (Å²) in [5.74, 6) is 0.747. The first-order chi connectivity index (χ1) is 9.65. The quantitative estimate of drug-likeness (QED) is 0.589. The summed E-state index contributed by atoms with van der Waals surface area (Å²) in [7, 11) is -1.80. The summed E-state index contributed by atoms with van der Waals surface area (Å²) in [4.78, 5) is 0. The second kappa shape index (κ2) is 4.74. The van der Waals surface area contributed by atoms with E-state index >= 15 is 0 Å². The van der Waals surface area contributed by atoms with E-state index in [4.69, 9.17) is 0 Å². The number of hydrogen-bond donors (Lipinski definition) is 0. The monoisotopic (exact) mass is 278 g/mol. The number of hydrogen-bond acceptors (Lipinski definition) is 0. The third kappa shape index (κ3) is 1.73. The van der Waals surface area contributed by atoms with E-state index in [1.54, 1.807) is 0 Å². The Morgan fingerprint density at radius 2 is 1.40 bits per heavy atom. The van der Waals surface area contributed by atoms with Crippen LogP contribution in [0.15, 0.2) is 73.3 Å². The second-order valence-corrected chi connectivity index (χ2v) is 10.5. The van der Waals surface area contributed by atoms with E-state index in [0.29, 0.717) is 5.04 Å². The lowest BCUT2D eigenvalue weighted by atomic mass is 10.3. The van der Waals surface area contributed by atoms with Gasteiger partial charge in [0.25, 0.3) is 0 Å².